The van der Waals surface area contributed by atoms with Crippen molar-refractivity contribution in [3.63, 3.8) is 0 Å². The summed E-state index contributed by atoms with van der Waals surface area (Å²) in [5.41, 5.74) is 3.49. The molecule has 2 heterocycles. The minimum atomic E-state index is -0.00481. The van der Waals surface area contributed by atoms with Crippen molar-refractivity contribution < 1.29 is 19.1 Å². The Bertz CT molecular complexity index is 1090. The van der Waals surface area contributed by atoms with Crippen LogP contribution in [-0.4, -0.2) is 60.8 Å². The zero-order chi connectivity index (χ0) is 26.0. The van der Waals surface area contributed by atoms with E-state index in [2.05, 4.69) is 22.2 Å². The van der Waals surface area contributed by atoms with Crippen LogP contribution in [0.5, 0.6) is 11.5 Å². The molecule has 198 valence electrons. The maximum Gasteiger partial charge on any atom is 0.243 e. The van der Waals surface area contributed by atoms with Gasteiger partial charge in [-0.2, -0.15) is 5.10 Å². The van der Waals surface area contributed by atoms with Crippen LogP contribution in [0.3, 0.4) is 0 Å². The number of amides is 2. The first kappa shape index (κ1) is 26.7. The molecule has 4 rings (SSSR count). The average molecular weight is 507 g/mol. The Hall–Kier alpha value is -3.39. The quantitative estimate of drug-likeness (QED) is 0.472. The van der Waals surface area contributed by atoms with Gasteiger partial charge in [0.25, 0.3) is 0 Å². The highest BCUT2D eigenvalue weighted by Crippen LogP contribution is 2.30. The van der Waals surface area contributed by atoms with Crippen LogP contribution in [-0.2, 0) is 16.1 Å². The third-order valence-electron chi connectivity index (χ3n) is 6.74. The smallest absolute Gasteiger partial charge is 0.243 e. The number of nitrogens with zero attached hydrogens (tertiary/aromatic N) is 3. The number of carbonyl (C=O) groups excluding carboxylic acids is 2. The van der Waals surface area contributed by atoms with E-state index in [0.717, 1.165) is 48.6 Å². The van der Waals surface area contributed by atoms with Gasteiger partial charge in [-0.05, 0) is 68.2 Å². The maximum atomic E-state index is 12.6. The Morgan fingerprint density at radius 1 is 1.03 bits per heavy atom. The fraction of sp³-hybridized carbons (Fsp3) is 0.483. The summed E-state index contributed by atoms with van der Waals surface area (Å²) in [6.45, 7) is 6.03. The molecule has 0 spiro atoms. The van der Waals surface area contributed by atoms with E-state index in [1.807, 2.05) is 42.5 Å². The molecule has 2 aromatic rings. The Balaban J connectivity index is 1.36. The van der Waals surface area contributed by atoms with Crippen LogP contribution in [0, 0.1) is 0 Å². The summed E-state index contributed by atoms with van der Waals surface area (Å²) in [7, 11) is 1.62. The lowest BCUT2D eigenvalue weighted by Crippen LogP contribution is -2.32. The molecular formula is C29H38N4O4. The van der Waals surface area contributed by atoms with E-state index in [1.165, 1.54) is 24.3 Å². The van der Waals surface area contributed by atoms with Gasteiger partial charge in [0.05, 0.1) is 26.0 Å². The molecule has 1 N–H and O–H groups in total. The fourth-order valence-corrected chi connectivity index (χ4v) is 4.65. The summed E-state index contributed by atoms with van der Waals surface area (Å²) < 4.78 is 11.3. The van der Waals surface area contributed by atoms with Crippen molar-refractivity contribution in [2.24, 2.45) is 5.10 Å². The summed E-state index contributed by atoms with van der Waals surface area (Å²) in [6.07, 6.45) is 6.13. The SMILES string of the molecule is CCCOc1cc(C2=NN(Cc3ccc(NC(=O)CCN4CCCCC4)cc3)C(=O)CC2)ccc1OC. The first-order chi connectivity index (χ1) is 18.1. The minimum Gasteiger partial charge on any atom is -0.493 e. The third-order valence-corrected chi connectivity index (χ3v) is 6.74. The normalized spacial score (nSPS) is 16.3. The van der Waals surface area contributed by atoms with Crippen LogP contribution < -0.4 is 14.8 Å². The molecular weight excluding hydrogens is 468 g/mol. The first-order valence-electron chi connectivity index (χ1n) is 13.4. The second-order valence-corrected chi connectivity index (χ2v) is 9.61. The molecule has 37 heavy (non-hydrogen) atoms. The van der Waals surface area contributed by atoms with Gasteiger partial charge in [0.1, 0.15) is 0 Å². The van der Waals surface area contributed by atoms with E-state index in [4.69, 9.17) is 9.47 Å². The third kappa shape index (κ3) is 7.55. The highest BCUT2D eigenvalue weighted by atomic mass is 16.5. The van der Waals surface area contributed by atoms with Crippen LogP contribution in [0.1, 0.15) is 63.0 Å². The second-order valence-electron chi connectivity index (χ2n) is 9.61. The molecule has 0 radical (unpaired) electrons. The monoisotopic (exact) mass is 506 g/mol. The largest absolute Gasteiger partial charge is 0.493 e. The number of hydrogen-bond acceptors (Lipinski definition) is 6. The zero-order valence-corrected chi connectivity index (χ0v) is 22.0. The summed E-state index contributed by atoms with van der Waals surface area (Å²) in [5.74, 6) is 1.39. The van der Waals surface area contributed by atoms with Gasteiger partial charge in [-0.1, -0.05) is 25.5 Å². The molecule has 8 nitrogen and oxygen atoms in total. The number of hydrazone groups is 1. The molecule has 2 aromatic carbocycles. The molecule has 1 saturated heterocycles. The van der Waals surface area contributed by atoms with E-state index in [9.17, 15) is 9.59 Å². The van der Waals surface area contributed by atoms with Crippen molar-refractivity contribution in [3.8, 4) is 11.5 Å². The Morgan fingerprint density at radius 2 is 1.81 bits per heavy atom. The number of piperidine rings is 1. The highest BCUT2D eigenvalue weighted by molar-refractivity contribution is 6.04. The van der Waals surface area contributed by atoms with Gasteiger partial charge in [-0.3, -0.25) is 9.59 Å². The van der Waals surface area contributed by atoms with Gasteiger partial charge < -0.3 is 19.7 Å². The van der Waals surface area contributed by atoms with Crippen molar-refractivity contribution >= 4 is 23.2 Å². The molecule has 2 amide bonds. The molecule has 2 aliphatic heterocycles. The van der Waals surface area contributed by atoms with E-state index in [0.29, 0.717) is 43.9 Å². The maximum absolute atomic E-state index is 12.6. The molecule has 0 aliphatic carbocycles. The number of ether oxygens (including phenoxy) is 2. The fourth-order valence-electron chi connectivity index (χ4n) is 4.65. The average Bonchev–Trinajstić information content (AvgIpc) is 2.93. The van der Waals surface area contributed by atoms with Gasteiger partial charge in [0.15, 0.2) is 11.5 Å². The number of rotatable bonds is 11. The number of methoxy groups -OCH3 is 1. The second kappa shape index (κ2) is 13.2. The Labute approximate surface area is 219 Å². The summed E-state index contributed by atoms with van der Waals surface area (Å²) in [5, 5.41) is 9.19. The number of nitrogens with one attached hydrogen (secondary N) is 1. The molecule has 0 atom stereocenters. The topological polar surface area (TPSA) is 83.5 Å². The van der Waals surface area contributed by atoms with Crippen molar-refractivity contribution in [1.29, 1.82) is 0 Å². The predicted molar refractivity (Wildman–Crippen MR) is 145 cm³/mol. The van der Waals surface area contributed by atoms with Crippen molar-refractivity contribution in [3.05, 3.63) is 53.6 Å². The van der Waals surface area contributed by atoms with E-state index in [-0.39, 0.29) is 11.8 Å². The number of anilines is 1. The van der Waals surface area contributed by atoms with Gasteiger partial charge in [0.2, 0.25) is 11.8 Å². The standard InChI is InChI=1S/C29H38N4O4/c1-3-19-37-27-20-23(9-13-26(27)36-2)25-12-14-29(35)33(31-25)21-22-7-10-24(11-8-22)30-28(34)15-18-32-16-5-4-6-17-32/h7-11,13,20H,3-6,12,14-19,21H2,1-2H3,(H,30,34). The van der Waals surface area contributed by atoms with Crippen LogP contribution in [0.25, 0.3) is 0 Å². The molecule has 1 fully saturated rings. The zero-order valence-electron chi connectivity index (χ0n) is 22.0. The highest BCUT2D eigenvalue weighted by Gasteiger charge is 2.22. The number of benzene rings is 2. The minimum absolute atomic E-state index is 0.00481. The summed E-state index contributed by atoms with van der Waals surface area (Å²) in [4.78, 5) is 27.3. The lowest BCUT2D eigenvalue weighted by Gasteiger charge is -2.26. The van der Waals surface area contributed by atoms with Crippen LogP contribution in [0.2, 0.25) is 0 Å². The summed E-state index contributed by atoms with van der Waals surface area (Å²) >= 11 is 0. The van der Waals surface area contributed by atoms with Crippen molar-refractivity contribution in [2.75, 3.05) is 38.7 Å². The van der Waals surface area contributed by atoms with Gasteiger partial charge in [-0.25, -0.2) is 5.01 Å². The van der Waals surface area contributed by atoms with Crippen LogP contribution >= 0.6 is 0 Å². The van der Waals surface area contributed by atoms with Crippen molar-refractivity contribution in [2.45, 2.75) is 58.4 Å². The lowest BCUT2D eigenvalue weighted by atomic mass is 10.0. The summed E-state index contributed by atoms with van der Waals surface area (Å²) in [6, 6.07) is 13.4. The number of hydrogen-bond donors (Lipinski definition) is 1. The lowest BCUT2D eigenvalue weighted by molar-refractivity contribution is -0.132. The van der Waals surface area contributed by atoms with E-state index in [1.54, 1.807) is 7.11 Å². The molecule has 0 unspecified atom stereocenters. The Morgan fingerprint density at radius 3 is 2.54 bits per heavy atom. The number of likely N-dealkylation sites (tertiary alicyclic amines) is 1. The first-order valence-corrected chi connectivity index (χ1v) is 13.4. The molecule has 0 bridgehead atoms. The molecule has 0 aromatic heterocycles. The number of carbonyl (C=O) groups is 2. The van der Waals surface area contributed by atoms with Gasteiger partial charge in [0, 0.05) is 37.1 Å². The molecule has 8 heteroatoms. The van der Waals surface area contributed by atoms with E-state index < -0.39 is 0 Å². The molecule has 0 saturated carbocycles. The molecule has 2 aliphatic rings. The van der Waals surface area contributed by atoms with Gasteiger partial charge in [-0.15, -0.1) is 0 Å². The van der Waals surface area contributed by atoms with Crippen LogP contribution in [0.4, 0.5) is 5.69 Å². The van der Waals surface area contributed by atoms with Gasteiger partial charge >= 0.3 is 0 Å². The van der Waals surface area contributed by atoms with E-state index >= 15 is 0 Å². The predicted octanol–water partition coefficient (Wildman–Crippen LogP) is 4.83. The van der Waals surface area contributed by atoms with Crippen molar-refractivity contribution in [1.82, 2.24) is 9.91 Å². The Kier molecular flexibility index (Phi) is 9.54. The van der Waals surface area contributed by atoms with Crippen LogP contribution in [0.15, 0.2) is 47.6 Å².